The van der Waals surface area contributed by atoms with Crippen molar-refractivity contribution < 1.29 is 4.79 Å². The smallest absolute Gasteiger partial charge is 0.319 e. The number of carbonyl (C=O) groups excluding carboxylic acids is 1. The predicted octanol–water partition coefficient (Wildman–Crippen LogP) is 2.61. The minimum absolute atomic E-state index is 0.176. The zero-order valence-electron chi connectivity index (χ0n) is 13.8. The van der Waals surface area contributed by atoms with Gasteiger partial charge in [0.2, 0.25) is 0 Å². The lowest BCUT2D eigenvalue weighted by Crippen LogP contribution is -2.36. The molecule has 24 heavy (non-hydrogen) atoms. The molecule has 0 saturated carbocycles. The molecule has 0 fully saturated rings. The number of rotatable bonds is 4. The first-order chi connectivity index (χ1) is 11.6. The number of hydrogen-bond donors (Lipinski definition) is 2. The van der Waals surface area contributed by atoms with Crippen LogP contribution in [-0.2, 0) is 13.0 Å². The van der Waals surface area contributed by atoms with Crippen LogP contribution in [0.5, 0.6) is 0 Å². The summed E-state index contributed by atoms with van der Waals surface area (Å²) in [6, 6.07) is 8.33. The number of fused-ring (bicyclic) bond motifs is 1. The third kappa shape index (κ3) is 3.23. The summed E-state index contributed by atoms with van der Waals surface area (Å²) in [5, 5.41) is 23.2. The van der Waals surface area contributed by atoms with Gasteiger partial charge in [-0.2, -0.15) is 5.26 Å². The first kappa shape index (κ1) is 16.0. The average molecular weight is 324 g/mol. The van der Waals surface area contributed by atoms with E-state index < -0.39 is 0 Å². The Morgan fingerprint density at radius 3 is 2.96 bits per heavy atom. The van der Waals surface area contributed by atoms with E-state index in [0.717, 1.165) is 31.0 Å². The first-order valence-corrected chi connectivity index (χ1v) is 8.08. The highest BCUT2D eigenvalue weighted by molar-refractivity contribution is 5.89. The Balaban J connectivity index is 1.73. The fraction of sp³-hybridized carbons (Fsp3) is 0.412. The van der Waals surface area contributed by atoms with Gasteiger partial charge in [-0.25, -0.2) is 4.79 Å². The van der Waals surface area contributed by atoms with E-state index in [1.54, 1.807) is 24.3 Å². The number of urea groups is 1. The fourth-order valence-corrected chi connectivity index (χ4v) is 2.91. The van der Waals surface area contributed by atoms with Crippen molar-refractivity contribution in [2.45, 2.75) is 39.3 Å². The molecule has 0 spiro atoms. The third-order valence-electron chi connectivity index (χ3n) is 4.12. The molecule has 7 heteroatoms. The molecular weight excluding hydrogens is 304 g/mol. The maximum atomic E-state index is 12.4. The van der Waals surface area contributed by atoms with Crippen LogP contribution in [0.4, 0.5) is 10.5 Å². The zero-order valence-corrected chi connectivity index (χ0v) is 13.8. The molecule has 0 radical (unpaired) electrons. The Hall–Kier alpha value is -2.88. The fourth-order valence-electron chi connectivity index (χ4n) is 2.91. The van der Waals surface area contributed by atoms with Crippen LogP contribution in [0.25, 0.3) is 0 Å². The third-order valence-corrected chi connectivity index (χ3v) is 4.12. The van der Waals surface area contributed by atoms with Crippen LogP contribution in [0.2, 0.25) is 0 Å². The molecule has 3 rings (SSSR count). The van der Waals surface area contributed by atoms with Gasteiger partial charge in [-0.1, -0.05) is 19.9 Å². The number of hydrogen-bond acceptors (Lipinski definition) is 4. The summed E-state index contributed by atoms with van der Waals surface area (Å²) >= 11 is 0. The molecule has 2 aromatic rings. The Labute approximate surface area is 140 Å². The van der Waals surface area contributed by atoms with E-state index in [1.807, 2.05) is 13.8 Å². The average Bonchev–Trinajstić information content (AvgIpc) is 3.16. The van der Waals surface area contributed by atoms with E-state index in [0.29, 0.717) is 11.3 Å². The molecule has 2 heterocycles. The van der Waals surface area contributed by atoms with Gasteiger partial charge in [0, 0.05) is 18.7 Å². The van der Waals surface area contributed by atoms with Crippen molar-refractivity contribution in [1.82, 2.24) is 20.1 Å². The normalized spacial score (nSPS) is 14.1. The number of aryl methyl sites for hydroxylation is 1. The Morgan fingerprint density at radius 1 is 1.38 bits per heavy atom. The van der Waals surface area contributed by atoms with E-state index in [9.17, 15) is 4.79 Å². The lowest BCUT2D eigenvalue weighted by atomic mass is 10.0. The number of anilines is 1. The molecule has 1 aliphatic heterocycles. The van der Waals surface area contributed by atoms with Gasteiger partial charge in [-0.15, -0.1) is 10.2 Å². The topological polar surface area (TPSA) is 95.6 Å². The molecule has 1 aliphatic rings. The number of aromatic nitrogens is 3. The van der Waals surface area contributed by atoms with Crippen molar-refractivity contribution in [3.05, 3.63) is 41.5 Å². The van der Waals surface area contributed by atoms with Gasteiger partial charge in [-0.05, 0) is 30.5 Å². The Kier molecular flexibility index (Phi) is 4.47. The summed E-state index contributed by atoms with van der Waals surface area (Å²) in [5.74, 6) is 1.97. The van der Waals surface area contributed by atoms with Crippen LogP contribution in [0, 0.1) is 17.2 Å². The van der Waals surface area contributed by atoms with Crippen molar-refractivity contribution >= 4 is 11.7 Å². The van der Waals surface area contributed by atoms with Crippen LogP contribution in [0.15, 0.2) is 24.3 Å². The monoisotopic (exact) mass is 324 g/mol. The standard InChI is InChI=1S/C17H20N6O/c1-11(2)15(16-22-21-14-7-4-8-23(14)16)20-17(24)19-13-6-3-5-12(9-13)10-18/h3,5-6,9,11,15H,4,7-8H2,1-2H3,(H2,19,20,24). The lowest BCUT2D eigenvalue weighted by Gasteiger charge is -2.22. The minimum atomic E-state index is -0.320. The van der Waals surface area contributed by atoms with Crippen LogP contribution in [0.1, 0.15) is 43.5 Å². The number of nitrogens with one attached hydrogen (secondary N) is 2. The molecule has 1 aromatic carbocycles. The van der Waals surface area contributed by atoms with E-state index >= 15 is 0 Å². The largest absolute Gasteiger partial charge is 0.328 e. The maximum absolute atomic E-state index is 12.4. The highest BCUT2D eigenvalue weighted by Gasteiger charge is 2.27. The highest BCUT2D eigenvalue weighted by Crippen LogP contribution is 2.24. The first-order valence-electron chi connectivity index (χ1n) is 8.08. The Bertz CT molecular complexity index is 789. The van der Waals surface area contributed by atoms with E-state index in [-0.39, 0.29) is 18.0 Å². The number of benzene rings is 1. The zero-order chi connectivity index (χ0) is 17.1. The van der Waals surface area contributed by atoms with Crippen molar-refractivity contribution in [1.29, 1.82) is 5.26 Å². The lowest BCUT2D eigenvalue weighted by molar-refractivity contribution is 0.243. The van der Waals surface area contributed by atoms with E-state index in [4.69, 9.17) is 5.26 Å². The van der Waals surface area contributed by atoms with Gasteiger partial charge in [0.25, 0.3) is 0 Å². The van der Waals surface area contributed by atoms with Gasteiger partial charge in [0.05, 0.1) is 17.7 Å². The van der Waals surface area contributed by atoms with E-state index in [2.05, 4.69) is 31.5 Å². The van der Waals surface area contributed by atoms with Gasteiger partial charge in [0.15, 0.2) is 5.82 Å². The molecule has 2 amide bonds. The van der Waals surface area contributed by atoms with Crippen LogP contribution < -0.4 is 10.6 Å². The summed E-state index contributed by atoms with van der Waals surface area (Å²) in [7, 11) is 0. The van der Waals surface area contributed by atoms with Crippen LogP contribution in [-0.4, -0.2) is 20.8 Å². The summed E-state index contributed by atoms with van der Waals surface area (Å²) < 4.78 is 2.10. The number of nitrogens with zero attached hydrogens (tertiary/aromatic N) is 4. The second kappa shape index (κ2) is 6.71. The van der Waals surface area contributed by atoms with Gasteiger partial charge >= 0.3 is 6.03 Å². The molecule has 2 N–H and O–H groups in total. The molecule has 1 atom stereocenters. The number of carbonyl (C=O) groups is 1. The van der Waals surface area contributed by atoms with E-state index in [1.165, 1.54) is 0 Å². The SMILES string of the molecule is CC(C)C(NC(=O)Nc1cccc(C#N)c1)c1nnc2n1CCC2. The second-order valence-corrected chi connectivity index (χ2v) is 6.24. The Morgan fingerprint density at radius 2 is 2.21 bits per heavy atom. The molecule has 7 nitrogen and oxygen atoms in total. The maximum Gasteiger partial charge on any atom is 0.319 e. The van der Waals surface area contributed by atoms with Crippen molar-refractivity contribution in [3.8, 4) is 6.07 Å². The van der Waals surface area contributed by atoms with Gasteiger partial charge in [0.1, 0.15) is 5.82 Å². The molecule has 0 saturated heterocycles. The molecule has 0 bridgehead atoms. The van der Waals surface area contributed by atoms with Gasteiger partial charge < -0.3 is 15.2 Å². The molecule has 1 unspecified atom stereocenters. The quantitative estimate of drug-likeness (QED) is 0.903. The second-order valence-electron chi connectivity index (χ2n) is 6.24. The van der Waals surface area contributed by atoms with Crippen molar-refractivity contribution in [2.24, 2.45) is 5.92 Å². The molecular formula is C17H20N6O. The summed E-state index contributed by atoms with van der Waals surface area (Å²) in [6.45, 7) is 4.98. The van der Waals surface area contributed by atoms with Crippen LogP contribution in [0.3, 0.4) is 0 Å². The van der Waals surface area contributed by atoms with Crippen molar-refractivity contribution in [3.63, 3.8) is 0 Å². The van der Waals surface area contributed by atoms with Crippen LogP contribution >= 0.6 is 0 Å². The van der Waals surface area contributed by atoms with Gasteiger partial charge in [-0.3, -0.25) is 0 Å². The molecule has 1 aromatic heterocycles. The predicted molar refractivity (Wildman–Crippen MR) is 89.2 cm³/mol. The van der Waals surface area contributed by atoms with Crippen molar-refractivity contribution in [2.75, 3.05) is 5.32 Å². The minimum Gasteiger partial charge on any atom is -0.328 e. The summed E-state index contributed by atoms with van der Waals surface area (Å²) in [5.41, 5.74) is 1.09. The number of nitriles is 1. The highest BCUT2D eigenvalue weighted by atomic mass is 16.2. The molecule has 124 valence electrons. The summed E-state index contributed by atoms with van der Waals surface area (Å²) in [4.78, 5) is 12.4. The number of amides is 2. The summed E-state index contributed by atoms with van der Waals surface area (Å²) in [6.07, 6.45) is 2.00. The molecule has 0 aliphatic carbocycles.